The van der Waals surface area contributed by atoms with Gasteiger partial charge in [0.2, 0.25) is 0 Å². The molecule has 1 aliphatic carbocycles. The number of aromatic nitrogens is 2. The molecule has 1 saturated carbocycles. The number of carbonyl (C=O) groups excluding carboxylic acids is 2. The fraction of sp³-hybridized carbons (Fsp3) is 0.217. The van der Waals surface area contributed by atoms with Crippen LogP contribution in [0.3, 0.4) is 0 Å². The Morgan fingerprint density at radius 1 is 1.21 bits per heavy atom. The molecule has 3 N–H and O–H groups in total. The summed E-state index contributed by atoms with van der Waals surface area (Å²) in [5.41, 5.74) is 7.83. The Morgan fingerprint density at radius 3 is 2.55 bits per heavy atom. The Kier molecular flexibility index (Phi) is 4.83. The van der Waals surface area contributed by atoms with E-state index >= 15 is 0 Å². The van der Waals surface area contributed by atoms with Crippen molar-refractivity contribution in [3.05, 3.63) is 70.1 Å². The highest BCUT2D eigenvalue weighted by atomic mass is 35.5. The van der Waals surface area contributed by atoms with E-state index < -0.39 is 17.3 Å². The van der Waals surface area contributed by atoms with Crippen LogP contribution >= 0.6 is 11.6 Å². The Hall–Kier alpha value is -3.90. The molecule has 1 aromatic heterocycles. The van der Waals surface area contributed by atoms with Crippen molar-refractivity contribution in [2.75, 3.05) is 5.32 Å². The summed E-state index contributed by atoms with van der Waals surface area (Å²) in [5.74, 6) is -1.27. The molecular weight excluding hydrogens is 447 g/mol. The van der Waals surface area contributed by atoms with E-state index in [1.54, 1.807) is 33.8 Å². The Balaban J connectivity index is 1.50. The first-order valence-electron chi connectivity index (χ1n) is 10.2. The van der Waals surface area contributed by atoms with Crippen LogP contribution in [0.5, 0.6) is 0 Å². The van der Waals surface area contributed by atoms with Crippen molar-refractivity contribution in [1.82, 2.24) is 14.7 Å². The quantitative estimate of drug-likeness (QED) is 0.611. The summed E-state index contributed by atoms with van der Waals surface area (Å²) < 4.78 is 15.4. The van der Waals surface area contributed by atoms with Crippen LogP contribution in [-0.2, 0) is 13.1 Å². The average molecular weight is 465 g/mol. The lowest BCUT2D eigenvalue weighted by molar-refractivity contribution is 0.0992. The van der Waals surface area contributed by atoms with Gasteiger partial charge in [0.05, 0.1) is 46.5 Å². The first-order chi connectivity index (χ1) is 15.8. The molecule has 0 radical (unpaired) electrons. The predicted octanol–water partition coefficient (Wildman–Crippen LogP) is 3.89. The van der Waals surface area contributed by atoms with Crippen molar-refractivity contribution in [3.8, 4) is 17.3 Å². The van der Waals surface area contributed by atoms with Gasteiger partial charge in [-0.3, -0.25) is 9.48 Å². The number of nitriles is 1. The maximum atomic E-state index is 13.7. The van der Waals surface area contributed by atoms with E-state index in [0.29, 0.717) is 34.7 Å². The van der Waals surface area contributed by atoms with Crippen LogP contribution < -0.4 is 11.1 Å². The summed E-state index contributed by atoms with van der Waals surface area (Å²) >= 11 is 5.93. The molecule has 1 spiro atoms. The van der Waals surface area contributed by atoms with E-state index in [1.807, 2.05) is 6.07 Å². The maximum absolute atomic E-state index is 13.7. The summed E-state index contributed by atoms with van der Waals surface area (Å²) in [6, 6.07) is 12.4. The van der Waals surface area contributed by atoms with Crippen molar-refractivity contribution >= 4 is 29.2 Å². The lowest BCUT2D eigenvalue weighted by atomic mass is 10.0. The Bertz CT molecular complexity index is 1340. The number of anilines is 1. The van der Waals surface area contributed by atoms with Gasteiger partial charge in [-0.1, -0.05) is 11.6 Å². The van der Waals surface area contributed by atoms with Gasteiger partial charge in [-0.2, -0.15) is 10.4 Å². The average Bonchev–Trinajstić information content (AvgIpc) is 3.45. The van der Waals surface area contributed by atoms with E-state index in [4.69, 9.17) is 22.6 Å². The molecule has 0 atom stereocenters. The zero-order valence-electron chi connectivity index (χ0n) is 17.3. The number of primary amides is 1. The number of hydrogen-bond donors (Lipinski definition) is 2. The van der Waals surface area contributed by atoms with Crippen molar-refractivity contribution < 1.29 is 14.0 Å². The number of nitrogens with two attached hydrogens (primary N) is 1. The number of fused-ring (bicyclic) bond motifs is 1. The third-order valence-electron chi connectivity index (χ3n) is 6.16. The van der Waals surface area contributed by atoms with Gasteiger partial charge in [0.25, 0.3) is 5.91 Å². The molecule has 1 aliphatic heterocycles. The smallest absolute Gasteiger partial charge is 0.322 e. The highest BCUT2D eigenvalue weighted by Crippen LogP contribution is 2.48. The molecule has 1 fully saturated rings. The van der Waals surface area contributed by atoms with Gasteiger partial charge in [-0.05, 0) is 55.3 Å². The topological polar surface area (TPSA) is 117 Å². The van der Waals surface area contributed by atoms with E-state index in [-0.39, 0.29) is 23.2 Å². The van der Waals surface area contributed by atoms with Crippen LogP contribution in [0.4, 0.5) is 14.9 Å². The number of benzene rings is 2. The summed E-state index contributed by atoms with van der Waals surface area (Å²) in [4.78, 5) is 27.3. The number of urea groups is 1. The normalized spacial score (nSPS) is 15.6. The van der Waals surface area contributed by atoms with Gasteiger partial charge >= 0.3 is 6.03 Å². The lowest BCUT2D eigenvalue weighted by Gasteiger charge is -2.36. The molecular formula is C23H18ClFN6O2. The molecule has 33 heavy (non-hydrogen) atoms. The third kappa shape index (κ3) is 3.58. The fourth-order valence-electron chi connectivity index (χ4n) is 4.25. The second-order valence-corrected chi connectivity index (χ2v) is 8.66. The van der Waals surface area contributed by atoms with Crippen LogP contribution in [0.1, 0.15) is 34.5 Å². The molecule has 0 saturated heterocycles. The highest BCUT2D eigenvalue weighted by molar-refractivity contribution is 6.31. The standard InChI is InChI=1S/C23H18ClFN6O2/c24-16-9-14(3-6-17(16)25)20-19(21(27)32)18-11-30(23(7-8-23)12-31(18)29-20)22(33)28-15-4-1-13(10-26)2-5-15/h1-6,9H,7-8,11-12H2,(H2,27,32)(H,28,33). The van der Waals surface area contributed by atoms with Crippen LogP contribution in [0.15, 0.2) is 42.5 Å². The van der Waals surface area contributed by atoms with E-state index in [2.05, 4.69) is 10.4 Å². The van der Waals surface area contributed by atoms with Crippen molar-refractivity contribution in [1.29, 1.82) is 5.26 Å². The summed E-state index contributed by atoms with van der Waals surface area (Å²) in [6.45, 7) is 0.556. The Labute approximate surface area is 193 Å². The molecule has 3 aromatic rings. The van der Waals surface area contributed by atoms with Crippen LogP contribution in [0.25, 0.3) is 11.3 Å². The van der Waals surface area contributed by atoms with Gasteiger partial charge in [0.15, 0.2) is 0 Å². The number of nitrogens with zero attached hydrogens (tertiary/aromatic N) is 4. The zero-order valence-corrected chi connectivity index (χ0v) is 18.1. The van der Waals surface area contributed by atoms with Crippen LogP contribution in [0.2, 0.25) is 5.02 Å². The highest BCUT2D eigenvalue weighted by Gasteiger charge is 2.54. The first-order valence-corrected chi connectivity index (χ1v) is 10.6. The minimum Gasteiger partial charge on any atom is -0.365 e. The van der Waals surface area contributed by atoms with Gasteiger partial charge in [0, 0.05) is 11.3 Å². The molecule has 8 nitrogen and oxygen atoms in total. The van der Waals surface area contributed by atoms with E-state index in [0.717, 1.165) is 12.8 Å². The molecule has 2 aliphatic rings. The van der Waals surface area contributed by atoms with E-state index in [1.165, 1.54) is 18.2 Å². The molecule has 3 amide bonds. The molecule has 2 heterocycles. The van der Waals surface area contributed by atoms with Crippen LogP contribution in [0, 0.1) is 17.1 Å². The van der Waals surface area contributed by atoms with Crippen molar-refractivity contribution in [2.45, 2.75) is 31.5 Å². The Morgan fingerprint density at radius 2 is 1.94 bits per heavy atom. The summed E-state index contributed by atoms with van der Waals surface area (Å²) in [6.07, 6.45) is 1.60. The number of carbonyl (C=O) groups is 2. The van der Waals surface area contributed by atoms with Gasteiger partial charge in [-0.25, -0.2) is 9.18 Å². The molecule has 0 unspecified atom stereocenters. The predicted molar refractivity (Wildman–Crippen MR) is 119 cm³/mol. The molecule has 10 heteroatoms. The minimum absolute atomic E-state index is 0.0871. The largest absolute Gasteiger partial charge is 0.365 e. The number of amides is 3. The SMILES string of the molecule is N#Cc1ccc(NC(=O)N2Cc3c(C(N)=O)c(-c4ccc(F)c(Cl)c4)nn3CC23CC3)cc1. The third-order valence-corrected chi connectivity index (χ3v) is 6.45. The second-order valence-electron chi connectivity index (χ2n) is 8.25. The number of rotatable bonds is 3. The van der Waals surface area contributed by atoms with Crippen molar-refractivity contribution in [3.63, 3.8) is 0 Å². The number of halogens is 2. The van der Waals surface area contributed by atoms with Gasteiger partial charge in [0.1, 0.15) is 11.5 Å². The first kappa shape index (κ1) is 21.0. The van der Waals surface area contributed by atoms with Gasteiger partial charge in [-0.15, -0.1) is 0 Å². The van der Waals surface area contributed by atoms with Gasteiger partial charge < -0.3 is 16.0 Å². The second kappa shape index (κ2) is 7.60. The fourth-order valence-corrected chi connectivity index (χ4v) is 4.43. The zero-order chi connectivity index (χ0) is 23.3. The molecule has 5 rings (SSSR count). The molecule has 0 bridgehead atoms. The molecule has 166 valence electrons. The monoisotopic (exact) mass is 464 g/mol. The van der Waals surface area contributed by atoms with Crippen molar-refractivity contribution in [2.24, 2.45) is 5.73 Å². The summed E-state index contributed by atoms with van der Waals surface area (Å²) in [5, 5.41) is 16.3. The van der Waals surface area contributed by atoms with E-state index in [9.17, 15) is 14.0 Å². The number of nitrogens with one attached hydrogen (secondary N) is 1. The molecule has 2 aromatic carbocycles. The van der Waals surface area contributed by atoms with Crippen LogP contribution in [-0.4, -0.2) is 32.2 Å². The summed E-state index contributed by atoms with van der Waals surface area (Å²) in [7, 11) is 0. The lowest BCUT2D eigenvalue weighted by Crippen LogP contribution is -2.50. The minimum atomic E-state index is -0.689. The number of hydrogen-bond acceptors (Lipinski definition) is 4. The maximum Gasteiger partial charge on any atom is 0.322 e.